The van der Waals surface area contributed by atoms with Gasteiger partial charge in [0.05, 0.1) is 12.9 Å². The number of carbonyl (C=O) groups is 1. The number of nitrogens with one attached hydrogen (secondary N) is 1. The molecule has 0 aliphatic heterocycles. The van der Waals surface area contributed by atoms with E-state index in [2.05, 4.69) is 32.0 Å². The first-order chi connectivity index (χ1) is 8.98. The number of carbonyl (C=O) groups excluding carboxylic acids is 1. The van der Waals surface area contributed by atoms with Gasteiger partial charge in [-0.25, -0.2) is 13.1 Å². The number of rotatable bonds is 7. The SMILES string of the molecule is COC(=O)[C@H](CCI)NS(=O)(=O)Cc1ccccc1. The van der Waals surface area contributed by atoms with Gasteiger partial charge in [0.1, 0.15) is 6.04 Å². The van der Waals surface area contributed by atoms with E-state index < -0.39 is 22.0 Å². The molecule has 0 fully saturated rings. The highest BCUT2D eigenvalue weighted by atomic mass is 127. The van der Waals surface area contributed by atoms with Gasteiger partial charge in [-0.15, -0.1) is 0 Å². The van der Waals surface area contributed by atoms with Crippen LogP contribution in [0.3, 0.4) is 0 Å². The van der Waals surface area contributed by atoms with Crippen molar-refractivity contribution >= 4 is 38.6 Å². The Labute approximate surface area is 126 Å². The number of hydrogen-bond donors (Lipinski definition) is 1. The normalized spacial score (nSPS) is 12.9. The number of sulfonamides is 1. The first kappa shape index (κ1) is 16.4. The highest BCUT2D eigenvalue weighted by Crippen LogP contribution is 2.07. The average molecular weight is 397 g/mol. The summed E-state index contributed by atoms with van der Waals surface area (Å²) in [7, 11) is -2.32. The standard InChI is InChI=1S/C12H16INO4S/c1-18-12(15)11(7-8-13)14-19(16,17)9-10-5-3-2-4-6-10/h2-6,11,14H,7-9H2,1H3/t11-/m0/s1. The molecule has 7 heteroatoms. The number of ether oxygens (including phenoxy) is 1. The van der Waals surface area contributed by atoms with Gasteiger partial charge in [-0.1, -0.05) is 52.9 Å². The lowest BCUT2D eigenvalue weighted by Crippen LogP contribution is -2.42. The van der Waals surface area contributed by atoms with Crippen molar-refractivity contribution < 1.29 is 17.9 Å². The minimum Gasteiger partial charge on any atom is -0.468 e. The van der Waals surface area contributed by atoms with E-state index in [4.69, 9.17) is 0 Å². The van der Waals surface area contributed by atoms with Crippen molar-refractivity contribution in [2.75, 3.05) is 11.5 Å². The van der Waals surface area contributed by atoms with E-state index >= 15 is 0 Å². The molecule has 0 aliphatic carbocycles. The van der Waals surface area contributed by atoms with Crippen LogP contribution in [0.2, 0.25) is 0 Å². The van der Waals surface area contributed by atoms with Crippen LogP contribution in [-0.2, 0) is 25.3 Å². The van der Waals surface area contributed by atoms with Crippen molar-refractivity contribution in [1.82, 2.24) is 4.72 Å². The fourth-order valence-electron chi connectivity index (χ4n) is 1.53. The summed E-state index contributed by atoms with van der Waals surface area (Å²) >= 11 is 2.08. The number of hydrogen-bond acceptors (Lipinski definition) is 4. The third-order valence-electron chi connectivity index (χ3n) is 2.40. The monoisotopic (exact) mass is 397 g/mol. The maximum Gasteiger partial charge on any atom is 0.323 e. The van der Waals surface area contributed by atoms with Crippen LogP contribution >= 0.6 is 22.6 Å². The number of halogens is 1. The molecular weight excluding hydrogens is 381 g/mol. The summed E-state index contributed by atoms with van der Waals surface area (Å²) in [5.74, 6) is -0.712. The summed E-state index contributed by atoms with van der Waals surface area (Å²) in [6.07, 6.45) is 0.404. The lowest BCUT2D eigenvalue weighted by atomic mass is 10.2. The molecule has 0 spiro atoms. The van der Waals surface area contributed by atoms with Crippen LogP contribution in [0.1, 0.15) is 12.0 Å². The molecule has 0 heterocycles. The molecule has 1 atom stereocenters. The van der Waals surface area contributed by atoms with E-state index in [1.165, 1.54) is 7.11 Å². The van der Waals surface area contributed by atoms with Gasteiger partial charge in [0.25, 0.3) is 0 Å². The number of esters is 1. The number of methoxy groups -OCH3 is 1. The third kappa shape index (κ3) is 5.87. The third-order valence-corrected chi connectivity index (χ3v) is 4.38. The minimum atomic E-state index is -3.57. The van der Waals surface area contributed by atoms with Gasteiger partial charge in [0.2, 0.25) is 10.0 Å². The zero-order chi connectivity index (χ0) is 14.3. The fourth-order valence-corrected chi connectivity index (χ4v) is 3.51. The van der Waals surface area contributed by atoms with Gasteiger partial charge in [-0.05, 0) is 12.0 Å². The van der Waals surface area contributed by atoms with Crippen LogP contribution in [0, 0.1) is 0 Å². The average Bonchev–Trinajstić information content (AvgIpc) is 2.37. The summed E-state index contributed by atoms with van der Waals surface area (Å²) < 4.78 is 31.6. The van der Waals surface area contributed by atoms with Crippen molar-refractivity contribution in [2.24, 2.45) is 0 Å². The Morgan fingerprint density at radius 1 is 1.37 bits per heavy atom. The molecule has 0 aromatic heterocycles. The second kappa shape index (κ2) is 7.81. The van der Waals surface area contributed by atoms with Gasteiger partial charge in [-0.2, -0.15) is 0 Å². The molecule has 1 aromatic carbocycles. The largest absolute Gasteiger partial charge is 0.468 e. The molecule has 0 aliphatic rings. The van der Waals surface area contributed by atoms with Crippen molar-refractivity contribution in [3.05, 3.63) is 35.9 Å². The molecule has 0 saturated carbocycles. The Hall–Kier alpha value is -0.670. The summed E-state index contributed by atoms with van der Waals surface area (Å²) in [4.78, 5) is 11.5. The highest BCUT2D eigenvalue weighted by Gasteiger charge is 2.24. The molecule has 0 unspecified atom stereocenters. The smallest absolute Gasteiger partial charge is 0.323 e. The summed E-state index contributed by atoms with van der Waals surface area (Å²) in [5.41, 5.74) is 0.674. The topological polar surface area (TPSA) is 72.5 Å². The molecular formula is C12H16INO4S. The van der Waals surface area contributed by atoms with E-state index in [9.17, 15) is 13.2 Å². The van der Waals surface area contributed by atoms with E-state index in [1.54, 1.807) is 24.3 Å². The molecule has 0 bridgehead atoms. The highest BCUT2D eigenvalue weighted by molar-refractivity contribution is 14.1. The number of alkyl halides is 1. The number of benzene rings is 1. The van der Waals surface area contributed by atoms with E-state index in [0.717, 1.165) is 0 Å². The molecule has 0 saturated heterocycles. The van der Waals surface area contributed by atoms with Crippen LogP contribution in [0.4, 0.5) is 0 Å². The Morgan fingerprint density at radius 3 is 2.53 bits per heavy atom. The Kier molecular flexibility index (Phi) is 6.73. The molecule has 1 aromatic rings. The van der Waals surface area contributed by atoms with E-state index in [1.807, 2.05) is 6.07 Å². The lowest BCUT2D eigenvalue weighted by molar-refractivity contribution is -0.142. The summed E-state index contributed by atoms with van der Waals surface area (Å²) in [6, 6.07) is 7.99. The Bertz CT molecular complexity index is 504. The van der Waals surface area contributed by atoms with Crippen LogP contribution < -0.4 is 4.72 Å². The minimum absolute atomic E-state index is 0.150. The predicted octanol–water partition coefficient (Wildman–Crippen LogP) is 1.47. The zero-order valence-electron chi connectivity index (χ0n) is 10.5. The van der Waals surface area contributed by atoms with Gasteiger partial charge >= 0.3 is 5.97 Å². The lowest BCUT2D eigenvalue weighted by Gasteiger charge is -2.15. The first-order valence-electron chi connectivity index (χ1n) is 5.66. The van der Waals surface area contributed by atoms with Crippen LogP contribution in [0.15, 0.2) is 30.3 Å². The quantitative estimate of drug-likeness (QED) is 0.430. The molecule has 1 N–H and O–H groups in total. The van der Waals surface area contributed by atoms with Gasteiger partial charge in [0, 0.05) is 4.43 Å². The molecule has 1 rings (SSSR count). The first-order valence-corrected chi connectivity index (χ1v) is 8.84. The van der Waals surface area contributed by atoms with Crippen molar-refractivity contribution in [1.29, 1.82) is 0 Å². The van der Waals surface area contributed by atoms with Gasteiger partial charge in [-0.3, -0.25) is 4.79 Å². The molecule has 19 heavy (non-hydrogen) atoms. The molecule has 0 radical (unpaired) electrons. The van der Waals surface area contributed by atoms with Crippen molar-refractivity contribution in [3.8, 4) is 0 Å². The summed E-state index contributed by atoms with van der Waals surface area (Å²) in [6.45, 7) is 0. The summed E-state index contributed by atoms with van der Waals surface area (Å²) in [5, 5.41) is 0. The molecule has 106 valence electrons. The second-order valence-corrected chi connectivity index (χ2v) is 6.75. The Balaban J connectivity index is 2.74. The fraction of sp³-hybridized carbons (Fsp3) is 0.417. The van der Waals surface area contributed by atoms with Crippen molar-refractivity contribution in [2.45, 2.75) is 18.2 Å². The Morgan fingerprint density at radius 2 is 2.00 bits per heavy atom. The maximum atomic E-state index is 12.0. The van der Waals surface area contributed by atoms with Crippen LogP contribution in [-0.4, -0.2) is 32.0 Å². The van der Waals surface area contributed by atoms with Gasteiger partial charge < -0.3 is 4.74 Å². The molecule has 5 nitrogen and oxygen atoms in total. The zero-order valence-corrected chi connectivity index (χ0v) is 13.5. The second-order valence-electron chi connectivity index (χ2n) is 3.92. The van der Waals surface area contributed by atoms with E-state index in [0.29, 0.717) is 16.4 Å². The predicted molar refractivity (Wildman–Crippen MR) is 81.5 cm³/mol. The van der Waals surface area contributed by atoms with Crippen molar-refractivity contribution in [3.63, 3.8) is 0 Å². The van der Waals surface area contributed by atoms with Crippen LogP contribution in [0.25, 0.3) is 0 Å². The van der Waals surface area contributed by atoms with Gasteiger partial charge in [0.15, 0.2) is 0 Å². The van der Waals surface area contributed by atoms with Crippen LogP contribution in [0.5, 0.6) is 0 Å². The maximum absolute atomic E-state index is 12.0. The molecule has 0 amide bonds. The van der Waals surface area contributed by atoms with E-state index in [-0.39, 0.29) is 5.75 Å².